The summed E-state index contributed by atoms with van der Waals surface area (Å²) in [6.07, 6.45) is 7.67. The van der Waals surface area contributed by atoms with E-state index in [1.807, 2.05) is 24.0 Å². The fourth-order valence-electron chi connectivity index (χ4n) is 3.07. The molecule has 1 aromatic heterocycles. The van der Waals surface area contributed by atoms with Crippen LogP contribution in [-0.2, 0) is 16.1 Å². The summed E-state index contributed by atoms with van der Waals surface area (Å²) in [5, 5.41) is 7.40. The second-order valence-electron chi connectivity index (χ2n) is 4.86. The van der Waals surface area contributed by atoms with Gasteiger partial charge >= 0.3 is 5.97 Å². The van der Waals surface area contributed by atoms with Gasteiger partial charge in [0.05, 0.1) is 7.11 Å². The lowest BCUT2D eigenvalue weighted by molar-refractivity contribution is -0.150. The molecule has 5 nitrogen and oxygen atoms in total. The highest BCUT2D eigenvalue weighted by Gasteiger charge is 2.48. The number of esters is 1. The van der Waals surface area contributed by atoms with Crippen LogP contribution in [0.1, 0.15) is 25.7 Å². The Balaban J connectivity index is 2.03. The fourth-order valence-corrected chi connectivity index (χ4v) is 3.07. The average Bonchev–Trinajstić information content (AvgIpc) is 3.04. The summed E-state index contributed by atoms with van der Waals surface area (Å²) in [6.45, 7) is 0.845. The number of carbonyl (C=O) groups excluding carboxylic acids is 1. The van der Waals surface area contributed by atoms with Gasteiger partial charge in [0.1, 0.15) is 5.54 Å². The molecule has 0 aromatic carbocycles. The van der Waals surface area contributed by atoms with Crippen molar-refractivity contribution in [3.05, 3.63) is 18.5 Å². The summed E-state index contributed by atoms with van der Waals surface area (Å²) in [5.41, 5.74) is -0.498. The third kappa shape index (κ3) is 2.27. The third-order valence-electron chi connectivity index (χ3n) is 4.08. The topological polar surface area (TPSA) is 56.1 Å². The molecule has 0 radical (unpaired) electrons. The van der Waals surface area contributed by atoms with Crippen molar-refractivity contribution in [3.63, 3.8) is 0 Å². The molecule has 1 saturated carbocycles. The number of hydrogen-bond acceptors (Lipinski definition) is 4. The molecule has 2 rings (SSSR count). The van der Waals surface area contributed by atoms with E-state index in [1.165, 1.54) is 7.11 Å². The van der Waals surface area contributed by atoms with Gasteiger partial charge in [0, 0.05) is 18.9 Å². The van der Waals surface area contributed by atoms with Crippen molar-refractivity contribution in [1.29, 1.82) is 0 Å². The zero-order chi connectivity index (χ0) is 13.0. The SMILES string of the molecule is CNC1(C(=O)OC)CCCC1CCn1cccn1. The van der Waals surface area contributed by atoms with E-state index in [0.29, 0.717) is 5.92 Å². The Morgan fingerprint density at radius 1 is 1.67 bits per heavy atom. The van der Waals surface area contributed by atoms with E-state index in [9.17, 15) is 4.79 Å². The number of nitrogens with zero attached hydrogens (tertiary/aromatic N) is 2. The van der Waals surface area contributed by atoms with Crippen molar-refractivity contribution in [2.75, 3.05) is 14.2 Å². The molecule has 2 atom stereocenters. The Morgan fingerprint density at radius 3 is 3.11 bits per heavy atom. The number of nitrogens with one attached hydrogen (secondary N) is 1. The summed E-state index contributed by atoms with van der Waals surface area (Å²) in [6, 6.07) is 1.92. The van der Waals surface area contributed by atoms with Crippen LogP contribution < -0.4 is 5.32 Å². The lowest BCUT2D eigenvalue weighted by Gasteiger charge is -2.32. The Bertz CT molecular complexity index is 391. The van der Waals surface area contributed by atoms with Crippen molar-refractivity contribution >= 4 is 5.97 Å². The van der Waals surface area contributed by atoms with Gasteiger partial charge in [-0.25, -0.2) is 0 Å². The van der Waals surface area contributed by atoms with E-state index in [0.717, 1.165) is 32.2 Å². The Morgan fingerprint density at radius 2 is 2.50 bits per heavy atom. The van der Waals surface area contributed by atoms with Crippen molar-refractivity contribution in [2.45, 2.75) is 37.8 Å². The zero-order valence-electron chi connectivity index (χ0n) is 11.1. The first kappa shape index (κ1) is 13.1. The van der Waals surface area contributed by atoms with Gasteiger partial charge in [0.15, 0.2) is 0 Å². The first-order valence-electron chi connectivity index (χ1n) is 6.47. The maximum atomic E-state index is 12.0. The maximum absolute atomic E-state index is 12.0. The van der Waals surface area contributed by atoms with Crippen LogP contribution in [0.15, 0.2) is 18.5 Å². The zero-order valence-corrected chi connectivity index (χ0v) is 11.1. The first-order chi connectivity index (χ1) is 8.73. The number of hydrogen-bond donors (Lipinski definition) is 1. The predicted octanol–water partition coefficient (Wildman–Crippen LogP) is 1.20. The minimum atomic E-state index is -0.498. The maximum Gasteiger partial charge on any atom is 0.326 e. The van der Waals surface area contributed by atoms with E-state index in [1.54, 1.807) is 6.20 Å². The molecule has 1 heterocycles. The van der Waals surface area contributed by atoms with E-state index in [-0.39, 0.29) is 5.97 Å². The van der Waals surface area contributed by atoms with Crippen LogP contribution in [0.5, 0.6) is 0 Å². The lowest BCUT2D eigenvalue weighted by Crippen LogP contribution is -2.54. The Labute approximate surface area is 108 Å². The highest BCUT2D eigenvalue weighted by Crippen LogP contribution is 2.38. The van der Waals surface area contributed by atoms with Gasteiger partial charge in [-0.2, -0.15) is 5.10 Å². The average molecular weight is 251 g/mol. The number of likely N-dealkylation sites (N-methyl/N-ethyl adjacent to an activating group) is 1. The summed E-state index contributed by atoms with van der Waals surface area (Å²) in [7, 11) is 3.31. The second kappa shape index (κ2) is 5.52. The second-order valence-corrected chi connectivity index (χ2v) is 4.86. The van der Waals surface area contributed by atoms with Crippen molar-refractivity contribution in [3.8, 4) is 0 Å². The van der Waals surface area contributed by atoms with Gasteiger partial charge in [0.25, 0.3) is 0 Å². The fraction of sp³-hybridized carbons (Fsp3) is 0.692. The van der Waals surface area contributed by atoms with Gasteiger partial charge in [0.2, 0.25) is 0 Å². The monoisotopic (exact) mass is 251 g/mol. The van der Waals surface area contributed by atoms with Crippen LogP contribution in [0.4, 0.5) is 0 Å². The molecule has 2 unspecified atom stereocenters. The molecule has 0 aliphatic heterocycles. The van der Waals surface area contributed by atoms with E-state index < -0.39 is 5.54 Å². The van der Waals surface area contributed by atoms with Crippen molar-refractivity contribution in [2.24, 2.45) is 5.92 Å². The van der Waals surface area contributed by atoms with Crippen molar-refractivity contribution in [1.82, 2.24) is 15.1 Å². The van der Waals surface area contributed by atoms with E-state index in [4.69, 9.17) is 4.74 Å². The van der Waals surface area contributed by atoms with Crippen molar-refractivity contribution < 1.29 is 9.53 Å². The minimum absolute atomic E-state index is 0.132. The standard InChI is InChI=1S/C13H21N3O2/c1-14-13(12(17)18-2)7-3-5-11(13)6-10-16-9-4-8-15-16/h4,8-9,11,14H,3,5-7,10H2,1-2H3. The van der Waals surface area contributed by atoms with Crippen LogP contribution in [-0.4, -0.2) is 35.4 Å². The van der Waals surface area contributed by atoms with Gasteiger partial charge in [-0.1, -0.05) is 6.42 Å². The molecule has 0 saturated heterocycles. The summed E-state index contributed by atoms with van der Waals surface area (Å²) in [5.74, 6) is 0.187. The number of methoxy groups -OCH3 is 1. The molecular weight excluding hydrogens is 230 g/mol. The number of aromatic nitrogens is 2. The molecule has 0 spiro atoms. The Hall–Kier alpha value is -1.36. The molecule has 0 amide bonds. The lowest BCUT2D eigenvalue weighted by atomic mass is 9.84. The molecule has 1 fully saturated rings. The van der Waals surface area contributed by atoms with Crippen LogP contribution in [0.25, 0.3) is 0 Å². The van der Waals surface area contributed by atoms with E-state index >= 15 is 0 Å². The molecule has 1 aliphatic carbocycles. The van der Waals surface area contributed by atoms with E-state index in [2.05, 4.69) is 10.4 Å². The first-order valence-corrected chi connectivity index (χ1v) is 6.47. The molecule has 0 bridgehead atoms. The van der Waals surface area contributed by atoms with Crippen LogP contribution in [0.3, 0.4) is 0 Å². The largest absolute Gasteiger partial charge is 0.468 e. The van der Waals surface area contributed by atoms with Gasteiger partial charge in [-0.05, 0) is 38.3 Å². The quantitative estimate of drug-likeness (QED) is 0.799. The number of ether oxygens (including phenoxy) is 1. The summed E-state index contributed by atoms with van der Waals surface area (Å²) in [4.78, 5) is 12.0. The normalized spacial score (nSPS) is 27.3. The number of rotatable bonds is 5. The molecule has 5 heteroatoms. The molecule has 1 N–H and O–H groups in total. The smallest absolute Gasteiger partial charge is 0.326 e. The van der Waals surface area contributed by atoms with Crippen LogP contribution in [0, 0.1) is 5.92 Å². The minimum Gasteiger partial charge on any atom is -0.468 e. The summed E-state index contributed by atoms with van der Waals surface area (Å²) < 4.78 is 6.88. The number of carbonyl (C=O) groups is 1. The van der Waals surface area contributed by atoms with Crippen LogP contribution >= 0.6 is 0 Å². The number of aryl methyl sites for hydroxylation is 1. The molecule has 18 heavy (non-hydrogen) atoms. The van der Waals surface area contributed by atoms with Crippen LogP contribution in [0.2, 0.25) is 0 Å². The third-order valence-corrected chi connectivity index (χ3v) is 4.08. The molecule has 1 aliphatic rings. The molecule has 1 aromatic rings. The highest BCUT2D eigenvalue weighted by atomic mass is 16.5. The van der Waals surface area contributed by atoms with Gasteiger partial charge < -0.3 is 10.1 Å². The van der Waals surface area contributed by atoms with Gasteiger partial charge in [-0.3, -0.25) is 9.48 Å². The molecule has 100 valence electrons. The summed E-state index contributed by atoms with van der Waals surface area (Å²) >= 11 is 0. The predicted molar refractivity (Wildman–Crippen MR) is 68.0 cm³/mol. The highest BCUT2D eigenvalue weighted by molar-refractivity contribution is 5.81. The Kier molecular flexibility index (Phi) is 4.01. The molecular formula is C13H21N3O2. The van der Waals surface area contributed by atoms with Gasteiger partial charge in [-0.15, -0.1) is 0 Å².